The summed E-state index contributed by atoms with van der Waals surface area (Å²) in [7, 11) is -1.20. The fraction of sp³-hybridized carbons (Fsp3) is 0.500. The molecule has 2 nitrogen and oxygen atoms in total. The molecule has 105 valence electrons. The first-order valence-electron chi connectivity index (χ1n) is 7.19. The predicted molar refractivity (Wildman–Crippen MR) is 82.1 cm³/mol. The number of benzene rings is 1. The monoisotopic (exact) mass is 277 g/mol. The number of allylic oxidation sites excluding steroid dienone is 1. The van der Waals surface area contributed by atoms with E-state index in [1.54, 1.807) is 0 Å². The zero-order chi connectivity index (χ0) is 13.8. The molecule has 19 heavy (non-hydrogen) atoms. The summed E-state index contributed by atoms with van der Waals surface area (Å²) >= 11 is 0. The highest BCUT2D eigenvalue weighted by molar-refractivity contribution is 6.50. The quantitative estimate of drug-likeness (QED) is 0.601. The first-order valence-corrected chi connectivity index (χ1v) is 8.59. The summed E-state index contributed by atoms with van der Waals surface area (Å²) in [4.78, 5) is 0. The number of hydrogen-bond donors (Lipinski definition) is 0. The average molecular weight is 277 g/mol. The topological polar surface area (TPSA) is 18.5 Å². The van der Waals surface area contributed by atoms with Gasteiger partial charge in [0.2, 0.25) is 0 Å². The lowest BCUT2D eigenvalue weighted by Crippen LogP contribution is -2.21. The van der Waals surface area contributed by atoms with Crippen molar-refractivity contribution < 1.29 is 8.85 Å². The molecule has 0 saturated carbocycles. The molecule has 0 heterocycles. The molecule has 1 aromatic carbocycles. The van der Waals surface area contributed by atoms with Crippen molar-refractivity contribution in [2.24, 2.45) is 0 Å². The smallest absolute Gasteiger partial charge is 0.390 e. The van der Waals surface area contributed by atoms with E-state index in [2.05, 4.69) is 56.0 Å². The van der Waals surface area contributed by atoms with Crippen LogP contribution in [-0.2, 0) is 15.3 Å². The minimum absolute atomic E-state index is 0.793. The molecule has 0 aliphatic carbocycles. The van der Waals surface area contributed by atoms with Gasteiger partial charge < -0.3 is 8.85 Å². The van der Waals surface area contributed by atoms with Gasteiger partial charge in [-0.15, -0.1) is 0 Å². The van der Waals surface area contributed by atoms with Gasteiger partial charge in [0.25, 0.3) is 0 Å². The fourth-order valence-corrected chi connectivity index (χ4v) is 3.06. The highest BCUT2D eigenvalue weighted by atomic mass is 28.3. The molecule has 0 atom stereocenters. The van der Waals surface area contributed by atoms with Crippen LogP contribution < -0.4 is 0 Å². The molecule has 0 aliphatic rings. The molecular formula is C16H25O2Si. The van der Waals surface area contributed by atoms with Crippen LogP contribution in [0.1, 0.15) is 38.7 Å². The maximum Gasteiger partial charge on any atom is 0.415 e. The third-order valence-electron chi connectivity index (χ3n) is 2.59. The third kappa shape index (κ3) is 7.98. The number of rotatable bonds is 10. The molecule has 3 heteroatoms. The van der Waals surface area contributed by atoms with Crippen molar-refractivity contribution in [2.75, 3.05) is 13.2 Å². The summed E-state index contributed by atoms with van der Waals surface area (Å²) in [5.41, 5.74) is 3.52. The first-order chi connectivity index (χ1) is 9.36. The van der Waals surface area contributed by atoms with E-state index in [9.17, 15) is 0 Å². The van der Waals surface area contributed by atoms with Crippen LogP contribution in [0.25, 0.3) is 0 Å². The molecule has 0 amide bonds. The molecule has 0 N–H and O–H groups in total. The van der Waals surface area contributed by atoms with Crippen LogP contribution in [0.4, 0.5) is 0 Å². The normalized spacial score (nSPS) is 11.5. The minimum atomic E-state index is -1.20. The van der Waals surface area contributed by atoms with Crippen molar-refractivity contribution in [2.45, 2.75) is 39.5 Å². The third-order valence-corrected chi connectivity index (χ3v) is 4.08. The van der Waals surface area contributed by atoms with Gasteiger partial charge in [-0.3, -0.25) is 0 Å². The maximum atomic E-state index is 5.74. The Morgan fingerprint density at radius 3 is 2.21 bits per heavy atom. The van der Waals surface area contributed by atoms with Gasteiger partial charge >= 0.3 is 9.28 Å². The van der Waals surface area contributed by atoms with Crippen LogP contribution in [0.15, 0.2) is 42.1 Å². The van der Waals surface area contributed by atoms with Crippen molar-refractivity contribution in [3.8, 4) is 0 Å². The van der Waals surface area contributed by atoms with Crippen molar-refractivity contribution >= 4 is 9.28 Å². The largest absolute Gasteiger partial charge is 0.415 e. The number of hydrogen-bond acceptors (Lipinski definition) is 2. The molecule has 0 aromatic heterocycles. The van der Waals surface area contributed by atoms with Gasteiger partial charge in [0.15, 0.2) is 0 Å². The Labute approximate surface area is 119 Å². The lowest BCUT2D eigenvalue weighted by atomic mass is 10.1. The molecule has 0 bridgehead atoms. The van der Waals surface area contributed by atoms with Gasteiger partial charge in [-0.2, -0.15) is 0 Å². The van der Waals surface area contributed by atoms with E-state index in [0.29, 0.717) is 0 Å². The Bertz CT molecular complexity index is 330. The molecule has 0 saturated heterocycles. The summed E-state index contributed by atoms with van der Waals surface area (Å²) in [6.07, 6.45) is 6.41. The second-order valence-electron chi connectivity index (χ2n) is 4.44. The van der Waals surface area contributed by atoms with Gasteiger partial charge in [-0.25, -0.2) is 0 Å². The van der Waals surface area contributed by atoms with Crippen LogP contribution in [-0.4, -0.2) is 22.5 Å². The van der Waals surface area contributed by atoms with Gasteiger partial charge in [-0.1, -0.05) is 50.3 Å². The van der Waals surface area contributed by atoms with Crippen molar-refractivity contribution in [1.82, 2.24) is 0 Å². The predicted octanol–water partition coefficient (Wildman–Crippen LogP) is 4.06. The van der Waals surface area contributed by atoms with Crippen molar-refractivity contribution in [3.05, 3.63) is 47.7 Å². The first kappa shape index (κ1) is 16.2. The van der Waals surface area contributed by atoms with E-state index < -0.39 is 9.28 Å². The molecule has 0 spiro atoms. The zero-order valence-electron chi connectivity index (χ0n) is 12.1. The van der Waals surface area contributed by atoms with Gasteiger partial charge in [0, 0.05) is 13.2 Å². The lowest BCUT2D eigenvalue weighted by molar-refractivity contribution is 0.206. The Kier molecular flexibility index (Phi) is 9.32. The van der Waals surface area contributed by atoms with Crippen LogP contribution in [0.2, 0.25) is 0 Å². The summed E-state index contributed by atoms with van der Waals surface area (Å²) in [5.74, 6) is 0. The molecule has 0 fully saturated rings. The zero-order valence-corrected chi connectivity index (χ0v) is 13.1. The summed E-state index contributed by atoms with van der Waals surface area (Å²) in [6, 6.07) is 10.6. The Morgan fingerprint density at radius 2 is 1.63 bits per heavy atom. The highest BCUT2D eigenvalue weighted by Crippen LogP contribution is 2.04. The Hall–Kier alpha value is -0.903. The molecule has 1 aromatic rings. The summed E-state index contributed by atoms with van der Waals surface area (Å²) in [6.45, 7) is 5.83. The van der Waals surface area contributed by atoms with Gasteiger partial charge in [-0.05, 0) is 36.9 Å². The van der Waals surface area contributed by atoms with E-state index >= 15 is 0 Å². The maximum absolute atomic E-state index is 5.74. The average Bonchev–Trinajstić information content (AvgIpc) is 2.46. The van der Waals surface area contributed by atoms with Crippen LogP contribution in [0.3, 0.4) is 0 Å². The summed E-state index contributed by atoms with van der Waals surface area (Å²) in [5, 5.41) is 0. The van der Waals surface area contributed by atoms with Gasteiger partial charge in [0.05, 0.1) is 0 Å². The second kappa shape index (κ2) is 11.0. The van der Waals surface area contributed by atoms with E-state index in [-0.39, 0.29) is 0 Å². The lowest BCUT2D eigenvalue weighted by Gasteiger charge is -2.10. The van der Waals surface area contributed by atoms with Gasteiger partial charge in [0.1, 0.15) is 0 Å². The van der Waals surface area contributed by atoms with E-state index in [0.717, 1.165) is 38.9 Å². The second-order valence-corrected chi connectivity index (χ2v) is 5.99. The molecule has 0 aliphatic heterocycles. The SMILES string of the molecule is CCCO[Si](C=CCCc1ccccc1)OCCC. The minimum Gasteiger partial charge on any atom is -0.390 e. The number of aryl methyl sites for hydroxylation is 1. The fourth-order valence-electron chi connectivity index (χ4n) is 1.62. The van der Waals surface area contributed by atoms with E-state index in [4.69, 9.17) is 8.85 Å². The van der Waals surface area contributed by atoms with E-state index in [1.807, 2.05) is 0 Å². The van der Waals surface area contributed by atoms with Crippen LogP contribution in [0, 0.1) is 0 Å². The highest BCUT2D eigenvalue weighted by Gasteiger charge is 2.10. The molecule has 1 radical (unpaired) electrons. The molecule has 1 rings (SSSR count). The van der Waals surface area contributed by atoms with Crippen molar-refractivity contribution in [1.29, 1.82) is 0 Å². The Morgan fingerprint density at radius 1 is 1.00 bits per heavy atom. The van der Waals surface area contributed by atoms with Crippen LogP contribution >= 0.6 is 0 Å². The molecular weight excluding hydrogens is 252 g/mol. The Balaban J connectivity index is 2.29. The molecule has 0 unspecified atom stereocenters. The standard InChI is InChI=1S/C16H25O2Si/c1-3-13-17-19(18-14-4-2)15-9-8-12-16-10-6-5-7-11-16/h5-7,9-11,15H,3-4,8,12-14H2,1-2H3. The summed E-state index contributed by atoms with van der Waals surface area (Å²) < 4.78 is 11.5. The van der Waals surface area contributed by atoms with Crippen molar-refractivity contribution in [3.63, 3.8) is 0 Å². The van der Waals surface area contributed by atoms with E-state index in [1.165, 1.54) is 5.56 Å². The van der Waals surface area contributed by atoms with Crippen LogP contribution in [0.5, 0.6) is 0 Å².